The molecule has 2 aliphatic rings. The lowest BCUT2D eigenvalue weighted by molar-refractivity contribution is -0.125. The summed E-state index contributed by atoms with van der Waals surface area (Å²) < 4.78 is 0. The van der Waals surface area contributed by atoms with E-state index >= 15 is 0 Å². The maximum atomic E-state index is 12.0. The van der Waals surface area contributed by atoms with E-state index in [4.69, 9.17) is 5.73 Å². The molecule has 0 aliphatic carbocycles. The van der Waals surface area contributed by atoms with Crippen molar-refractivity contribution in [3.05, 3.63) is 0 Å². The van der Waals surface area contributed by atoms with E-state index in [0.29, 0.717) is 24.5 Å². The number of nitrogens with zero attached hydrogens (tertiary/aromatic N) is 1. The normalized spacial score (nSPS) is 32.6. The summed E-state index contributed by atoms with van der Waals surface area (Å²) in [5.41, 5.74) is 5.65. The molecule has 2 unspecified atom stereocenters. The van der Waals surface area contributed by atoms with Crippen LogP contribution < -0.4 is 11.1 Å². The van der Waals surface area contributed by atoms with E-state index in [1.807, 2.05) is 20.8 Å². The van der Waals surface area contributed by atoms with Crippen LogP contribution in [0.25, 0.3) is 0 Å². The molecule has 2 fully saturated rings. The van der Waals surface area contributed by atoms with E-state index < -0.39 is 0 Å². The van der Waals surface area contributed by atoms with Crippen LogP contribution in [0.1, 0.15) is 46.5 Å². The van der Waals surface area contributed by atoms with Gasteiger partial charge in [0.1, 0.15) is 0 Å². The summed E-state index contributed by atoms with van der Waals surface area (Å²) in [7, 11) is 0. The van der Waals surface area contributed by atoms with Gasteiger partial charge in [0.15, 0.2) is 0 Å². The van der Waals surface area contributed by atoms with Crippen molar-refractivity contribution in [3.63, 3.8) is 0 Å². The first kappa shape index (κ1) is 13.8. The van der Waals surface area contributed by atoms with Crippen LogP contribution >= 0.6 is 0 Å². The van der Waals surface area contributed by atoms with Gasteiger partial charge in [-0.05, 0) is 58.9 Å². The number of rotatable bonds is 3. The van der Waals surface area contributed by atoms with E-state index in [2.05, 4.69) is 10.2 Å². The summed E-state index contributed by atoms with van der Waals surface area (Å²) in [6.45, 7) is 7.44. The number of hydrogen-bond donors (Lipinski definition) is 2. The molecule has 0 aromatic carbocycles. The van der Waals surface area contributed by atoms with Crippen molar-refractivity contribution in [2.45, 2.75) is 64.1 Å². The highest BCUT2D eigenvalue weighted by molar-refractivity contribution is 5.78. The topological polar surface area (TPSA) is 58.4 Å². The molecule has 2 saturated heterocycles. The molecule has 104 valence electrons. The summed E-state index contributed by atoms with van der Waals surface area (Å²) in [4.78, 5) is 14.4. The average Bonchev–Trinajstić information content (AvgIpc) is 2.49. The lowest BCUT2D eigenvalue weighted by Crippen LogP contribution is -2.51. The Balaban J connectivity index is 1.90. The van der Waals surface area contributed by atoms with Crippen LogP contribution in [0.4, 0.5) is 0 Å². The van der Waals surface area contributed by atoms with Crippen LogP contribution in [0.3, 0.4) is 0 Å². The van der Waals surface area contributed by atoms with Crippen molar-refractivity contribution < 1.29 is 4.79 Å². The molecule has 4 heteroatoms. The average molecular weight is 253 g/mol. The van der Waals surface area contributed by atoms with Gasteiger partial charge in [0.05, 0.1) is 6.54 Å². The van der Waals surface area contributed by atoms with Gasteiger partial charge < -0.3 is 11.1 Å². The van der Waals surface area contributed by atoms with E-state index in [1.165, 1.54) is 25.7 Å². The molecule has 0 saturated carbocycles. The first-order valence-corrected chi connectivity index (χ1v) is 7.16. The predicted octanol–water partition coefficient (Wildman–Crippen LogP) is 1.10. The van der Waals surface area contributed by atoms with Gasteiger partial charge in [-0.1, -0.05) is 0 Å². The van der Waals surface area contributed by atoms with E-state index in [9.17, 15) is 4.79 Å². The summed E-state index contributed by atoms with van der Waals surface area (Å²) in [6.07, 6.45) is 4.83. The minimum Gasteiger partial charge on any atom is -0.350 e. The van der Waals surface area contributed by atoms with Crippen molar-refractivity contribution in [3.8, 4) is 0 Å². The minimum absolute atomic E-state index is 0.133. The van der Waals surface area contributed by atoms with E-state index in [0.717, 1.165) is 6.54 Å². The fraction of sp³-hybridized carbons (Fsp3) is 0.929. The number of carbonyl (C=O) groups excluding carboxylic acids is 1. The molecule has 2 rings (SSSR count). The molecule has 2 atom stereocenters. The van der Waals surface area contributed by atoms with E-state index in [1.54, 1.807) is 0 Å². The van der Waals surface area contributed by atoms with Crippen LogP contribution in [0.15, 0.2) is 0 Å². The number of nitrogens with two attached hydrogens (primary N) is 1. The first-order valence-electron chi connectivity index (χ1n) is 7.16. The molecule has 2 heterocycles. The molecule has 1 amide bonds. The Morgan fingerprint density at radius 1 is 1.28 bits per heavy atom. The Bertz CT molecular complexity index is 297. The molecule has 4 nitrogen and oxygen atoms in total. The maximum Gasteiger partial charge on any atom is 0.234 e. The zero-order valence-electron chi connectivity index (χ0n) is 11.9. The summed E-state index contributed by atoms with van der Waals surface area (Å²) in [5, 5.41) is 3.06. The van der Waals surface area contributed by atoms with Gasteiger partial charge in [-0.3, -0.25) is 9.69 Å². The van der Waals surface area contributed by atoms with Crippen molar-refractivity contribution in [1.29, 1.82) is 0 Å². The Morgan fingerprint density at radius 2 is 1.83 bits per heavy atom. The molecule has 3 N–H and O–H groups in total. The molecule has 2 aliphatic heterocycles. The summed E-state index contributed by atoms with van der Waals surface area (Å²) >= 11 is 0. The van der Waals surface area contributed by atoms with Gasteiger partial charge in [0.25, 0.3) is 0 Å². The molecule has 18 heavy (non-hydrogen) atoms. The first-order chi connectivity index (χ1) is 8.39. The highest BCUT2D eigenvalue weighted by Gasteiger charge is 2.40. The van der Waals surface area contributed by atoms with Crippen molar-refractivity contribution in [2.75, 3.05) is 13.1 Å². The second-order valence-corrected chi connectivity index (χ2v) is 6.93. The van der Waals surface area contributed by atoms with Crippen molar-refractivity contribution >= 4 is 5.91 Å². The third-order valence-corrected chi connectivity index (χ3v) is 4.16. The van der Waals surface area contributed by atoms with Gasteiger partial charge in [-0.15, -0.1) is 0 Å². The fourth-order valence-electron chi connectivity index (χ4n) is 3.46. The molecule has 0 aromatic heterocycles. The van der Waals surface area contributed by atoms with Crippen LogP contribution in [0.2, 0.25) is 0 Å². The third kappa shape index (κ3) is 3.23. The number of amides is 1. The number of carbonyl (C=O) groups is 1. The van der Waals surface area contributed by atoms with Gasteiger partial charge >= 0.3 is 0 Å². The number of hydrogen-bond acceptors (Lipinski definition) is 3. The smallest absolute Gasteiger partial charge is 0.234 e. The van der Waals surface area contributed by atoms with Crippen LogP contribution in [0, 0.1) is 5.92 Å². The molecular weight excluding hydrogens is 226 g/mol. The molecule has 0 radical (unpaired) electrons. The zero-order valence-corrected chi connectivity index (χ0v) is 11.9. The second kappa shape index (κ2) is 5.17. The summed E-state index contributed by atoms with van der Waals surface area (Å²) in [6, 6.07) is 1.17. The largest absolute Gasteiger partial charge is 0.350 e. The van der Waals surface area contributed by atoms with Crippen LogP contribution in [-0.4, -0.2) is 41.5 Å². The Kier molecular flexibility index (Phi) is 3.97. The standard InChI is InChI=1S/C14H27N3O/c1-14(2,3)16-13(18)9-17-11-4-5-12(17)7-10(6-11)8-15/h10-12H,4-9,15H2,1-3H3,(H,16,18). The number of nitrogens with one attached hydrogen (secondary N) is 1. The molecular formula is C14H27N3O. The van der Waals surface area contributed by atoms with Gasteiger partial charge in [-0.2, -0.15) is 0 Å². The zero-order chi connectivity index (χ0) is 13.3. The Hall–Kier alpha value is -0.610. The SMILES string of the molecule is CC(C)(C)NC(=O)CN1C2CCC1CC(CN)C2. The second-order valence-electron chi connectivity index (χ2n) is 6.93. The van der Waals surface area contributed by atoms with Crippen LogP contribution in [-0.2, 0) is 4.79 Å². The molecule has 2 bridgehead atoms. The van der Waals surface area contributed by atoms with Gasteiger partial charge in [0.2, 0.25) is 5.91 Å². The highest BCUT2D eigenvalue weighted by Crippen LogP contribution is 2.37. The van der Waals surface area contributed by atoms with Crippen molar-refractivity contribution in [1.82, 2.24) is 10.2 Å². The Morgan fingerprint density at radius 3 is 2.28 bits per heavy atom. The predicted molar refractivity (Wildman–Crippen MR) is 73.2 cm³/mol. The number of fused-ring (bicyclic) bond motifs is 2. The minimum atomic E-state index is -0.133. The number of piperidine rings is 1. The molecule has 0 aromatic rings. The van der Waals surface area contributed by atoms with Crippen LogP contribution in [0.5, 0.6) is 0 Å². The van der Waals surface area contributed by atoms with Gasteiger partial charge in [0, 0.05) is 17.6 Å². The van der Waals surface area contributed by atoms with Gasteiger partial charge in [-0.25, -0.2) is 0 Å². The molecule has 0 spiro atoms. The van der Waals surface area contributed by atoms with E-state index in [-0.39, 0.29) is 11.4 Å². The quantitative estimate of drug-likeness (QED) is 0.792. The monoisotopic (exact) mass is 253 g/mol. The maximum absolute atomic E-state index is 12.0. The summed E-state index contributed by atoms with van der Waals surface area (Å²) in [5.74, 6) is 0.829. The Labute approximate surface area is 110 Å². The van der Waals surface area contributed by atoms with Crippen molar-refractivity contribution in [2.24, 2.45) is 11.7 Å². The highest BCUT2D eigenvalue weighted by atomic mass is 16.2. The fourth-order valence-corrected chi connectivity index (χ4v) is 3.46. The lowest BCUT2D eigenvalue weighted by atomic mass is 9.91. The lowest BCUT2D eigenvalue weighted by Gasteiger charge is -2.38. The third-order valence-electron chi connectivity index (χ3n) is 4.16.